The predicted octanol–water partition coefficient (Wildman–Crippen LogP) is 1.17. The Morgan fingerprint density at radius 2 is 2.50 bits per heavy atom. The number of aliphatic hydroxyl groups excluding tert-OH is 1. The van der Waals surface area contributed by atoms with Crippen LogP contribution in [0.4, 0.5) is 6.01 Å². The van der Waals surface area contributed by atoms with Crippen LogP contribution < -0.4 is 5.32 Å². The summed E-state index contributed by atoms with van der Waals surface area (Å²) in [5, 5.41) is 11.9. The molecule has 4 nitrogen and oxygen atoms in total. The number of nitrogens with one attached hydrogen (secondary N) is 1. The molecule has 0 bridgehead atoms. The van der Waals surface area contributed by atoms with Gasteiger partial charge in [0, 0.05) is 6.54 Å². The second-order valence-electron chi connectivity index (χ2n) is 2.86. The van der Waals surface area contributed by atoms with Crippen LogP contribution in [-0.4, -0.2) is 22.7 Å². The highest BCUT2D eigenvalue weighted by molar-refractivity contribution is 5.20. The highest BCUT2D eigenvalue weighted by atomic mass is 16.4. The Bertz CT molecular complexity index is 233. The molecule has 0 aliphatic rings. The molecule has 0 aliphatic carbocycles. The number of aromatic nitrogens is 1. The molecule has 0 aromatic carbocycles. The van der Waals surface area contributed by atoms with E-state index in [1.54, 1.807) is 13.2 Å². The summed E-state index contributed by atoms with van der Waals surface area (Å²) in [5.74, 6) is 0. The van der Waals surface area contributed by atoms with E-state index < -0.39 is 0 Å². The van der Waals surface area contributed by atoms with Crippen LogP contribution in [0.25, 0.3) is 0 Å². The normalized spacial score (nSPS) is 12.9. The van der Waals surface area contributed by atoms with Crippen molar-refractivity contribution < 1.29 is 9.52 Å². The molecule has 0 saturated carbocycles. The zero-order valence-electron chi connectivity index (χ0n) is 7.37. The number of hydrogen-bond acceptors (Lipinski definition) is 4. The minimum absolute atomic E-state index is 0.284. The van der Waals surface area contributed by atoms with Gasteiger partial charge >= 0.3 is 0 Å². The molecular weight excluding hydrogens is 156 g/mol. The van der Waals surface area contributed by atoms with Gasteiger partial charge < -0.3 is 14.8 Å². The lowest BCUT2D eigenvalue weighted by atomic mass is 10.3. The van der Waals surface area contributed by atoms with Crippen molar-refractivity contribution in [3.8, 4) is 0 Å². The third-order valence-corrected chi connectivity index (χ3v) is 1.46. The van der Waals surface area contributed by atoms with Crippen LogP contribution in [0.5, 0.6) is 0 Å². The van der Waals surface area contributed by atoms with Crippen molar-refractivity contribution in [2.45, 2.75) is 26.4 Å². The molecular formula is C8H14N2O2. The number of aryl methyl sites for hydroxylation is 1. The molecule has 0 unspecified atom stereocenters. The van der Waals surface area contributed by atoms with Crippen LogP contribution in [0.1, 0.15) is 19.0 Å². The molecule has 4 heteroatoms. The van der Waals surface area contributed by atoms with Gasteiger partial charge in [0.15, 0.2) is 0 Å². The monoisotopic (exact) mass is 170 g/mol. The van der Waals surface area contributed by atoms with E-state index in [1.165, 1.54) is 0 Å². The van der Waals surface area contributed by atoms with Crippen molar-refractivity contribution in [3.63, 3.8) is 0 Å². The first-order chi connectivity index (χ1) is 5.68. The fourth-order valence-corrected chi connectivity index (χ4v) is 0.823. The van der Waals surface area contributed by atoms with Crippen LogP contribution in [0, 0.1) is 6.92 Å². The lowest BCUT2D eigenvalue weighted by Crippen LogP contribution is -2.09. The molecule has 1 atom stereocenters. The predicted molar refractivity (Wildman–Crippen MR) is 46.0 cm³/mol. The van der Waals surface area contributed by atoms with E-state index in [2.05, 4.69) is 10.3 Å². The van der Waals surface area contributed by atoms with Crippen molar-refractivity contribution in [2.24, 2.45) is 0 Å². The van der Waals surface area contributed by atoms with E-state index in [0.29, 0.717) is 19.0 Å². The van der Waals surface area contributed by atoms with Crippen molar-refractivity contribution >= 4 is 6.01 Å². The van der Waals surface area contributed by atoms with Crippen LogP contribution in [0.2, 0.25) is 0 Å². The van der Waals surface area contributed by atoms with Gasteiger partial charge in [-0.3, -0.25) is 0 Å². The number of rotatable bonds is 4. The highest BCUT2D eigenvalue weighted by Crippen LogP contribution is 2.05. The van der Waals surface area contributed by atoms with Crippen molar-refractivity contribution in [2.75, 3.05) is 11.9 Å². The summed E-state index contributed by atoms with van der Waals surface area (Å²) in [6.07, 6.45) is 2.00. The maximum Gasteiger partial charge on any atom is 0.294 e. The molecule has 1 heterocycles. The third kappa shape index (κ3) is 2.92. The van der Waals surface area contributed by atoms with E-state index in [9.17, 15) is 0 Å². The summed E-state index contributed by atoms with van der Waals surface area (Å²) in [6, 6.07) is 0.521. The molecule has 68 valence electrons. The number of aliphatic hydroxyl groups is 1. The average molecular weight is 170 g/mol. The first kappa shape index (κ1) is 9.06. The highest BCUT2D eigenvalue weighted by Gasteiger charge is 1.99. The van der Waals surface area contributed by atoms with Gasteiger partial charge in [-0.2, -0.15) is 4.98 Å². The van der Waals surface area contributed by atoms with Gasteiger partial charge in [0.25, 0.3) is 6.01 Å². The molecule has 0 amide bonds. The van der Waals surface area contributed by atoms with Crippen LogP contribution in [0.15, 0.2) is 10.7 Å². The Kier molecular flexibility index (Phi) is 3.10. The van der Waals surface area contributed by atoms with Gasteiger partial charge in [0.05, 0.1) is 11.8 Å². The van der Waals surface area contributed by atoms with Crippen molar-refractivity contribution in [3.05, 3.63) is 12.0 Å². The van der Waals surface area contributed by atoms with Gasteiger partial charge in [-0.1, -0.05) is 0 Å². The molecule has 0 aliphatic heterocycles. The first-order valence-electron chi connectivity index (χ1n) is 4.02. The number of hydrogen-bond donors (Lipinski definition) is 2. The molecule has 1 aromatic rings. The topological polar surface area (TPSA) is 58.3 Å². The van der Waals surface area contributed by atoms with Crippen LogP contribution >= 0.6 is 0 Å². The summed E-state index contributed by atoms with van der Waals surface area (Å²) in [4.78, 5) is 4.05. The number of anilines is 1. The SMILES string of the molecule is Cc1coc(NCC[C@H](C)O)n1. The van der Waals surface area contributed by atoms with Gasteiger partial charge in [0.2, 0.25) is 0 Å². The summed E-state index contributed by atoms with van der Waals surface area (Å²) < 4.78 is 5.04. The minimum Gasteiger partial charge on any atom is -0.432 e. The first-order valence-corrected chi connectivity index (χ1v) is 4.02. The maximum atomic E-state index is 8.94. The molecule has 0 saturated heterocycles. The van der Waals surface area contributed by atoms with Crippen molar-refractivity contribution in [1.82, 2.24) is 4.98 Å². The van der Waals surface area contributed by atoms with Crippen LogP contribution in [0.3, 0.4) is 0 Å². The van der Waals surface area contributed by atoms with Crippen LogP contribution in [-0.2, 0) is 0 Å². The van der Waals surface area contributed by atoms with E-state index in [4.69, 9.17) is 9.52 Å². The largest absolute Gasteiger partial charge is 0.432 e. The minimum atomic E-state index is -0.284. The quantitative estimate of drug-likeness (QED) is 0.712. The smallest absolute Gasteiger partial charge is 0.294 e. The van der Waals surface area contributed by atoms with E-state index in [-0.39, 0.29) is 6.10 Å². The third-order valence-electron chi connectivity index (χ3n) is 1.46. The zero-order valence-corrected chi connectivity index (χ0v) is 7.37. The Labute approximate surface area is 71.6 Å². The van der Waals surface area contributed by atoms with Crippen molar-refractivity contribution in [1.29, 1.82) is 0 Å². The lowest BCUT2D eigenvalue weighted by molar-refractivity contribution is 0.188. The Morgan fingerprint density at radius 3 is 3.00 bits per heavy atom. The van der Waals surface area contributed by atoms with E-state index in [0.717, 1.165) is 5.69 Å². The van der Waals surface area contributed by atoms with Gasteiger partial charge in [-0.25, -0.2) is 0 Å². The summed E-state index contributed by atoms with van der Waals surface area (Å²) in [6.45, 7) is 4.30. The van der Waals surface area contributed by atoms with Gasteiger partial charge in [-0.05, 0) is 20.3 Å². The summed E-state index contributed by atoms with van der Waals surface area (Å²) >= 11 is 0. The average Bonchev–Trinajstić information content (AvgIpc) is 2.35. The fraction of sp³-hybridized carbons (Fsp3) is 0.625. The standard InChI is InChI=1S/C8H14N2O2/c1-6-5-12-8(10-6)9-4-3-7(2)11/h5,7,11H,3-4H2,1-2H3,(H,9,10)/t7-/m0/s1. The molecule has 0 spiro atoms. The molecule has 1 aromatic heterocycles. The second-order valence-corrected chi connectivity index (χ2v) is 2.86. The van der Waals surface area contributed by atoms with Gasteiger partial charge in [0.1, 0.15) is 6.26 Å². The zero-order chi connectivity index (χ0) is 8.97. The maximum absolute atomic E-state index is 8.94. The lowest BCUT2D eigenvalue weighted by Gasteiger charge is -2.03. The molecule has 12 heavy (non-hydrogen) atoms. The number of oxazole rings is 1. The molecule has 1 rings (SSSR count). The molecule has 2 N–H and O–H groups in total. The fourth-order valence-electron chi connectivity index (χ4n) is 0.823. The van der Waals surface area contributed by atoms with E-state index >= 15 is 0 Å². The molecule has 0 fully saturated rings. The summed E-state index contributed by atoms with van der Waals surface area (Å²) in [5.41, 5.74) is 0.856. The number of nitrogens with zero attached hydrogens (tertiary/aromatic N) is 1. The van der Waals surface area contributed by atoms with Gasteiger partial charge in [-0.15, -0.1) is 0 Å². The Hall–Kier alpha value is -1.03. The second kappa shape index (κ2) is 4.11. The summed E-state index contributed by atoms with van der Waals surface area (Å²) in [7, 11) is 0. The van der Waals surface area contributed by atoms with E-state index in [1.807, 2.05) is 6.92 Å². The Morgan fingerprint density at radius 1 is 1.75 bits per heavy atom. The Balaban J connectivity index is 2.24. The molecule has 0 radical (unpaired) electrons.